The first kappa shape index (κ1) is 11.6. The number of carbonyl (C=O) groups is 2. The van der Waals surface area contributed by atoms with Gasteiger partial charge in [0, 0.05) is 19.6 Å². The number of ether oxygens (including phenoxy) is 2. The van der Waals surface area contributed by atoms with Crippen molar-refractivity contribution in [1.29, 1.82) is 0 Å². The maximum Gasteiger partial charge on any atom is 0.319 e. The van der Waals surface area contributed by atoms with Gasteiger partial charge in [-0.15, -0.1) is 0 Å². The molecule has 0 bridgehead atoms. The van der Waals surface area contributed by atoms with Crippen LogP contribution in [0.4, 0.5) is 0 Å². The molecule has 0 saturated carbocycles. The van der Waals surface area contributed by atoms with Crippen molar-refractivity contribution in [3.63, 3.8) is 0 Å². The molecule has 0 aromatic heterocycles. The molecule has 0 radical (unpaired) electrons. The van der Waals surface area contributed by atoms with Crippen molar-refractivity contribution >= 4 is 11.8 Å². The maximum absolute atomic E-state index is 11.7. The quantitative estimate of drug-likeness (QED) is 0.538. The van der Waals surface area contributed by atoms with E-state index in [1.807, 2.05) is 0 Å². The van der Waals surface area contributed by atoms with Crippen LogP contribution in [0.2, 0.25) is 0 Å². The summed E-state index contributed by atoms with van der Waals surface area (Å²) in [6.45, 7) is 3.38. The second kappa shape index (κ2) is 4.53. The largest absolute Gasteiger partial charge is 0.465 e. The zero-order valence-electron chi connectivity index (χ0n) is 9.66. The molecule has 1 unspecified atom stereocenters. The summed E-state index contributed by atoms with van der Waals surface area (Å²) in [6, 6.07) is 0. The van der Waals surface area contributed by atoms with Crippen LogP contribution < -0.4 is 0 Å². The number of carbonyl (C=O) groups excluding carboxylic acids is 2. The summed E-state index contributed by atoms with van der Waals surface area (Å²) in [7, 11) is 0. The average Bonchev–Trinajstić information content (AvgIpc) is 2.63. The van der Waals surface area contributed by atoms with Crippen LogP contribution in [0.1, 0.15) is 32.6 Å². The van der Waals surface area contributed by atoms with E-state index in [2.05, 4.69) is 0 Å². The second-order valence-corrected chi connectivity index (χ2v) is 4.78. The molecule has 1 atom stereocenters. The number of hydrogen-bond donors (Lipinski definition) is 0. The SMILES string of the molecule is CC(=O)C1(CC2CCOCC2)CCOC1=O. The predicted molar refractivity (Wildman–Crippen MR) is 56.9 cm³/mol. The number of esters is 1. The van der Waals surface area contributed by atoms with E-state index in [1.54, 1.807) is 0 Å². The molecule has 2 aliphatic rings. The molecule has 0 aromatic carbocycles. The van der Waals surface area contributed by atoms with Crippen molar-refractivity contribution in [2.24, 2.45) is 11.3 Å². The Labute approximate surface area is 95.3 Å². The molecular weight excluding hydrogens is 208 g/mol. The fourth-order valence-corrected chi connectivity index (χ4v) is 2.65. The lowest BCUT2D eigenvalue weighted by Gasteiger charge is -2.29. The molecule has 90 valence electrons. The summed E-state index contributed by atoms with van der Waals surface area (Å²) in [4.78, 5) is 23.5. The molecule has 0 amide bonds. The van der Waals surface area contributed by atoms with Gasteiger partial charge < -0.3 is 9.47 Å². The third-order valence-electron chi connectivity index (χ3n) is 3.80. The van der Waals surface area contributed by atoms with E-state index in [0.717, 1.165) is 26.1 Å². The monoisotopic (exact) mass is 226 g/mol. The Balaban J connectivity index is 2.08. The molecule has 2 aliphatic heterocycles. The van der Waals surface area contributed by atoms with Crippen molar-refractivity contribution in [2.75, 3.05) is 19.8 Å². The Morgan fingerprint density at radius 3 is 2.56 bits per heavy atom. The van der Waals surface area contributed by atoms with Gasteiger partial charge in [-0.2, -0.15) is 0 Å². The zero-order valence-corrected chi connectivity index (χ0v) is 9.66. The lowest BCUT2D eigenvalue weighted by molar-refractivity contribution is -0.152. The molecule has 2 saturated heterocycles. The third-order valence-corrected chi connectivity index (χ3v) is 3.80. The minimum atomic E-state index is -0.845. The summed E-state index contributed by atoms with van der Waals surface area (Å²) in [5.41, 5.74) is -0.845. The van der Waals surface area contributed by atoms with Crippen molar-refractivity contribution in [2.45, 2.75) is 32.6 Å². The van der Waals surface area contributed by atoms with Gasteiger partial charge in [0.15, 0.2) is 0 Å². The smallest absolute Gasteiger partial charge is 0.319 e. The van der Waals surface area contributed by atoms with Gasteiger partial charge in [-0.1, -0.05) is 0 Å². The van der Waals surface area contributed by atoms with Gasteiger partial charge in [0.05, 0.1) is 6.61 Å². The summed E-state index contributed by atoms with van der Waals surface area (Å²) in [5.74, 6) is 0.0660. The Bertz CT molecular complexity index is 293. The fourth-order valence-electron chi connectivity index (χ4n) is 2.65. The normalized spacial score (nSPS) is 31.4. The van der Waals surface area contributed by atoms with Crippen LogP contribution in [0.5, 0.6) is 0 Å². The van der Waals surface area contributed by atoms with Gasteiger partial charge in [-0.25, -0.2) is 0 Å². The molecular formula is C12H18O4. The second-order valence-electron chi connectivity index (χ2n) is 4.78. The number of hydrogen-bond acceptors (Lipinski definition) is 4. The molecule has 0 aliphatic carbocycles. The molecule has 2 fully saturated rings. The highest BCUT2D eigenvalue weighted by atomic mass is 16.5. The van der Waals surface area contributed by atoms with Gasteiger partial charge in [0.1, 0.15) is 11.2 Å². The van der Waals surface area contributed by atoms with Gasteiger partial charge >= 0.3 is 5.97 Å². The fraction of sp³-hybridized carbons (Fsp3) is 0.833. The summed E-state index contributed by atoms with van der Waals surface area (Å²) < 4.78 is 10.3. The molecule has 0 spiro atoms. The summed E-state index contributed by atoms with van der Waals surface area (Å²) in [6.07, 6.45) is 3.09. The number of cyclic esters (lactones) is 1. The van der Waals surface area contributed by atoms with Crippen molar-refractivity contribution in [3.8, 4) is 0 Å². The number of ketones is 1. The zero-order chi connectivity index (χ0) is 11.6. The van der Waals surface area contributed by atoms with Crippen LogP contribution in [0.25, 0.3) is 0 Å². The van der Waals surface area contributed by atoms with Gasteiger partial charge in [0.25, 0.3) is 0 Å². The van der Waals surface area contributed by atoms with E-state index in [0.29, 0.717) is 25.4 Å². The summed E-state index contributed by atoms with van der Waals surface area (Å²) >= 11 is 0. The van der Waals surface area contributed by atoms with Gasteiger partial charge in [0.2, 0.25) is 0 Å². The van der Waals surface area contributed by atoms with Crippen molar-refractivity contribution in [1.82, 2.24) is 0 Å². The van der Waals surface area contributed by atoms with E-state index in [1.165, 1.54) is 6.92 Å². The van der Waals surface area contributed by atoms with Crippen LogP contribution in [-0.4, -0.2) is 31.6 Å². The third kappa shape index (κ3) is 1.98. The first-order valence-electron chi connectivity index (χ1n) is 5.91. The number of rotatable bonds is 3. The van der Waals surface area contributed by atoms with E-state index in [4.69, 9.17) is 9.47 Å². The molecule has 16 heavy (non-hydrogen) atoms. The standard InChI is InChI=1S/C12H18O4/c1-9(13)12(4-7-16-11(12)14)8-10-2-5-15-6-3-10/h10H,2-8H2,1H3. The Hall–Kier alpha value is -0.900. The molecule has 4 heteroatoms. The van der Waals surface area contributed by atoms with Gasteiger partial charge in [-0.3, -0.25) is 9.59 Å². The lowest BCUT2D eigenvalue weighted by atomic mass is 9.73. The van der Waals surface area contributed by atoms with E-state index in [-0.39, 0.29) is 11.8 Å². The minimum Gasteiger partial charge on any atom is -0.465 e. The first-order chi connectivity index (χ1) is 7.65. The average molecular weight is 226 g/mol. The van der Waals surface area contributed by atoms with Crippen LogP contribution in [0.15, 0.2) is 0 Å². The Kier molecular flexibility index (Phi) is 3.28. The summed E-state index contributed by atoms with van der Waals surface area (Å²) in [5, 5.41) is 0. The van der Waals surface area contributed by atoms with E-state index >= 15 is 0 Å². The van der Waals surface area contributed by atoms with Crippen LogP contribution in [-0.2, 0) is 19.1 Å². The van der Waals surface area contributed by atoms with Crippen LogP contribution in [0.3, 0.4) is 0 Å². The molecule has 4 nitrogen and oxygen atoms in total. The Morgan fingerprint density at radius 2 is 2.06 bits per heavy atom. The topological polar surface area (TPSA) is 52.6 Å². The molecule has 0 N–H and O–H groups in total. The first-order valence-corrected chi connectivity index (χ1v) is 5.91. The van der Waals surface area contributed by atoms with Crippen LogP contribution >= 0.6 is 0 Å². The number of Topliss-reactive ketones (excluding diaryl/α,β-unsaturated/α-hetero) is 1. The highest BCUT2D eigenvalue weighted by Crippen LogP contribution is 2.40. The van der Waals surface area contributed by atoms with Gasteiger partial charge in [-0.05, 0) is 32.1 Å². The Morgan fingerprint density at radius 1 is 1.38 bits per heavy atom. The highest BCUT2D eigenvalue weighted by Gasteiger charge is 2.49. The van der Waals surface area contributed by atoms with Crippen molar-refractivity contribution in [3.05, 3.63) is 0 Å². The molecule has 0 aromatic rings. The highest BCUT2D eigenvalue weighted by molar-refractivity contribution is 6.03. The predicted octanol–water partition coefficient (Wildman–Crippen LogP) is 1.33. The maximum atomic E-state index is 11.7. The van der Waals surface area contributed by atoms with Crippen LogP contribution in [0, 0.1) is 11.3 Å². The lowest BCUT2D eigenvalue weighted by Crippen LogP contribution is -2.37. The molecule has 2 heterocycles. The minimum absolute atomic E-state index is 0.0403. The van der Waals surface area contributed by atoms with E-state index < -0.39 is 5.41 Å². The van der Waals surface area contributed by atoms with Crippen molar-refractivity contribution < 1.29 is 19.1 Å². The van der Waals surface area contributed by atoms with E-state index in [9.17, 15) is 9.59 Å². The molecule has 2 rings (SSSR count).